The van der Waals surface area contributed by atoms with Gasteiger partial charge in [0.2, 0.25) is 0 Å². The topological polar surface area (TPSA) is 69.9 Å². The first-order valence-electron chi connectivity index (χ1n) is 3.84. The van der Waals surface area contributed by atoms with Gasteiger partial charge in [-0.1, -0.05) is 6.92 Å². The van der Waals surface area contributed by atoms with Crippen molar-refractivity contribution in [2.75, 3.05) is 0 Å². The molecule has 1 rings (SSSR count). The van der Waals surface area contributed by atoms with Gasteiger partial charge in [-0.3, -0.25) is 0 Å². The largest absolute Gasteiger partial charge is 0.390 e. The Hall–Kier alpha value is -0.160. The highest BCUT2D eigenvalue weighted by molar-refractivity contribution is 4.79. The number of hydrogen-bond acceptors (Lipinski definition) is 4. The van der Waals surface area contributed by atoms with Crippen LogP contribution in [-0.2, 0) is 4.74 Å². The van der Waals surface area contributed by atoms with Crippen LogP contribution >= 0.6 is 0 Å². The van der Waals surface area contributed by atoms with Crippen LogP contribution in [-0.4, -0.2) is 39.9 Å². The summed E-state index contributed by atoms with van der Waals surface area (Å²) in [6.45, 7) is 1.90. The number of aliphatic hydroxyl groups is 3. The average molecular weight is 162 g/mol. The van der Waals surface area contributed by atoms with Crippen LogP contribution in [0.4, 0.5) is 0 Å². The van der Waals surface area contributed by atoms with Gasteiger partial charge in [-0.05, 0) is 6.42 Å². The monoisotopic (exact) mass is 162 g/mol. The summed E-state index contributed by atoms with van der Waals surface area (Å²) >= 11 is 0. The average Bonchev–Trinajstić information content (AvgIpc) is 1.99. The molecule has 0 amide bonds. The molecule has 11 heavy (non-hydrogen) atoms. The molecule has 3 N–H and O–H groups in total. The first kappa shape index (κ1) is 8.93. The van der Waals surface area contributed by atoms with E-state index in [1.807, 2.05) is 6.92 Å². The molecule has 0 spiro atoms. The summed E-state index contributed by atoms with van der Waals surface area (Å²) in [5, 5.41) is 27.2. The summed E-state index contributed by atoms with van der Waals surface area (Å²) in [5.74, 6) is 0. The fourth-order valence-electron chi connectivity index (χ4n) is 1.19. The van der Waals surface area contributed by atoms with Crippen LogP contribution < -0.4 is 0 Å². The fourth-order valence-corrected chi connectivity index (χ4v) is 1.19. The molecule has 4 atom stereocenters. The molecule has 1 aliphatic heterocycles. The summed E-state index contributed by atoms with van der Waals surface area (Å²) in [6, 6.07) is 0. The van der Waals surface area contributed by atoms with Gasteiger partial charge >= 0.3 is 0 Å². The van der Waals surface area contributed by atoms with Crippen LogP contribution in [0.25, 0.3) is 0 Å². The third-order valence-electron chi connectivity index (χ3n) is 1.98. The first-order valence-corrected chi connectivity index (χ1v) is 3.84. The normalized spacial score (nSPS) is 45.8. The summed E-state index contributed by atoms with van der Waals surface area (Å²) in [5.41, 5.74) is 0. The van der Waals surface area contributed by atoms with Crippen LogP contribution in [0, 0.1) is 0 Å². The summed E-state index contributed by atoms with van der Waals surface area (Å²) in [4.78, 5) is 0. The van der Waals surface area contributed by atoms with Gasteiger partial charge in [-0.25, -0.2) is 0 Å². The molecular weight excluding hydrogens is 148 g/mol. The minimum Gasteiger partial charge on any atom is -0.390 e. The highest BCUT2D eigenvalue weighted by Gasteiger charge is 2.34. The predicted molar refractivity (Wildman–Crippen MR) is 37.8 cm³/mol. The third-order valence-corrected chi connectivity index (χ3v) is 1.98. The maximum absolute atomic E-state index is 9.16. The van der Waals surface area contributed by atoms with Gasteiger partial charge in [0.1, 0.15) is 6.10 Å². The lowest BCUT2D eigenvalue weighted by Gasteiger charge is -2.33. The lowest BCUT2D eigenvalue weighted by molar-refractivity contribution is -0.246. The van der Waals surface area contributed by atoms with E-state index in [-0.39, 0.29) is 6.10 Å². The lowest BCUT2D eigenvalue weighted by atomic mass is 10.0. The first-order chi connectivity index (χ1) is 5.15. The van der Waals surface area contributed by atoms with Gasteiger partial charge in [-0.2, -0.15) is 0 Å². The van der Waals surface area contributed by atoms with Crippen molar-refractivity contribution in [1.29, 1.82) is 0 Å². The second-order valence-electron chi connectivity index (χ2n) is 2.85. The van der Waals surface area contributed by atoms with E-state index in [9.17, 15) is 0 Å². The third kappa shape index (κ3) is 1.90. The Kier molecular flexibility index (Phi) is 2.84. The second kappa shape index (κ2) is 3.49. The Morgan fingerprint density at radius 1 is 1.36 bits per heavy atom. The number of rotatable bonds is 1. The molecule has 1 heterocycles. The zero-order chi connectivity index (χ0) is 8.43. The molecule has 4 heteroatoms. The highest BCUT2D eigenvalue weighted by Crippen LogP contribution is 2.20. The molecule has 1 fully saturated rings. The maximum atomic E-state index is 9.16. The van der Waals surface area contributed by atoms with Crippen molar-refractivity contribution in [1.82, 2.24) is 0 Å². The molecule has 1 saturated heterocycles. The molecule has 0 radical (unpaired) electrons. The molecule has 1 aliphatic rings. The molecule has 66 valence electrons. The molecular formula is C7H14O4. The predicted octanol–water partition coefficient (Wildman–Crippen LogP) is -0.775. The van der Waals surface area contributed by atoms with Crippen molar-refractivity contribution in [3.05, 3.63) is 0 Å². The van der Waals surface area contributed by atoms with Gasteiger partial charge in [0.05, 0.1) is 12.2 Å². The minimum atomic E-state index is -1.23. The summed E-state index contributed by atoms with van der Waals surface area (Å²) < 4.78 is 4.96. The molecule has 0 aromatic heterocycles. The Morgan fingerprint density at radius 2 is 2.00 bits per heavy atom. The van der Waals surface area contributed by atoms with E-state index in [0.717, 1.165) is 6.42 Å². The Balaban J connectivity index is 2.47. The number of ether oxygens (including phenoxy) is 1. The fraction of sp³-hybridized carbons (Fsp3) is 1.00. The quantitative estimate of drug-likeness (QED) is 0.473. The highest BCUT2D eigenvalue weighted by atomic mass is 16.6. The molecule has 0 aliphatic carbocycles. The SMILES string of the molecule is CCC1C[C@@H](O)[C@H](O)C(O)O1. The molecule has 4 nitrogen and oxygen atoms in total. The Bertz CT molecular complexity index is 116. The molecule has 2 unspecified atom stereocenters. The lowest BCUT2D eigenvalue weighted by Crippen LogP contribution is -2.47. The van der Waals surface area contributed by atoms with Gasteiger partial charge in [0.15, 0.2) is 6.29 Å². The van der Waals surface area contributed by atoms with Crippen molar-refractivity contribution in [2.45, 2.75) is 44.4 Å². The van der Waals surface area contributed by atoms with E-state index < -0.39 is 18.5 Å². The van der Waals surface area contributed by atoms with Crippen molar-refractivity contribution in [3.63, 3.8) is 0 Å². The number of aliphatic hydroxyl groups excluding tert-OH is 3. The summed E-state index contributed by atoms with van der Waals surface area (Å²) in [7, 11) is 0. The van der Waals surface area contributed by atoms with Gasteiger partial charge in [-0.15, -0.1) is 0 Å². The van der Waals surface area contributed by atoms with Crippen molar-refractivity contribution in [3.8, 4) is 0 Å². The molecule has 0 aromatic carbocycles. The van der Waals surface area contributed by atoms with Crippen molar-refractivity contribution in [2.24, 2.45) is 0 Å². The maximum Gasteiger partial charge on any atom is 0.183 e. The van der Waals surface area contributed by atoms with Crippen LogP contribution in [0.3, 0.4) is 0 Å². The molecule has 0 bridgehead atoms. The number of hydrogen-bond donors (Lipinski definition) is 3. The van der Waals surface area contributed by atoms with E-state index >= 15 is 0 Å². The standard InChI is InChI=1S/C7H14O4/c1-2-4-3-5(8)6(9)7(10)11-4/h4-10H,2-3H2,1H3/t4?,5-,6+,7?/m1/s1. The zero-order valence-electron chi connectivity index (χ0n) is 6.47. The van der Waals surface area contributed by atoms with Crippen LogP contribution in [0.5, 0.6) is 0 Å². The smallest absolute Gasteiger partial charge is 0.183 e. The van der Waals surface area contributed by atoms with E-state index in [1.165, 1.54) is 0 Å². The van der Waals surface area contributed by atoms with Gasteiger partial charge in [0, 0.05) is 6.42 Å². The van der Waals surface area contributed by atoms with Crippen LogP contribution in [0.2, 0.25) is 0 Å². The van der Waals surface area contributed by atoms with E-state index in [0.29, 0.717) is 6.42 Å². The zero-order valence-corrected chi connectivity index (χ0v) is 6.47. The molecule has 0 saturated carbocycles. The van der Waals surface area contributed by atoms with Crippen LogP contribution in [0.1, 0.15) is 19.8 Å². The second-order valence-corrected chi connectivity index (χ2v) is 2.85. The Labute approximate surface area is 65.4 Å². The molecule has 0 aromatic rings. The summed E-state index contributed by atoms with van der Waals surface area (Å²) in [6.07, 6.45) is -2.25. The van der Waals surface area contributed by atoms with Gasteiger partial charge in [0.25, 0.3) is 0 Å². The van der Waals surface area contributed by atoms with Crippen molar-refractivity contribution >= 4 is 0 Å². The van der Waals surface area contributed by atoms with E-state index in [4.69, 9.17) is 20.1 Å². The van der Waals surface area contributed by atoms with Crippen LogP contribution in [0.15, 0.2) is 0 Å². The van der Waals surface area contributed by atoms with E-state index in [1.54, 1.807) is 0 Å². The van der Waals surface area contributed by atoms with Gasteiger partial charge < -0.3 is 20.1 Å². The van der Waals surface area contributed by atoms with E-state index in [2.05, 4.69) is 0 Å². The Morgan fingerprint density at radius 3 is 2.45 bits per heavy atom. The van der Waals surface area contributed by atoms with Crippen molar-refractivity contribution < 1.29 is 20.1 Å². The minimum absolute atomic E-state index is 0.136.